The Labute approximate surface area is 82.4 Å². The third kappa shape index (κ3) is 1.46. The molecule has 0 amide bonds. The highest BCUT2D eigenvalue weighted by Gasteiger charge is 2.04. The van der Waals surface area contributed by atoms with E-state index in [9.17, 15) is 0 Å². The fraction of sp³-hybridized carbons (Fsp3) is 0.200. The Hall–Kier alpha value is -1.84. The first-order valence-corrected chi connectivity index (χ1v) is 4.54. The van der Waals surface area contributed by atoms with E-state index < -0.39 is 0 Å². The summed E-state index contributed by atoms with van der Waals surface area (Å²) in [5.41, 5.74) is 7.08. The van der Waals surface area contributed by atoms with E-state index in [4.69, 9.17) is 5.73 Å². The summed E-state index contributed by atoms with van der Waals surface area (Å²) in [4.78, 5) is 8.47. The van der Waals surface area contributed by atoms with E-state index in [1.54, 1.807) is 12.4 Å². The van der Waals surface area contributed by atoms with E-state index in [0.29, 0.717) is 5.69 Å². The first kappa shape index (κ1) is 8.74. The molecule has 0 unspecified atom stereocenters. The number of anilines is 1. The predicted molar refractivity (Wildman–Crippen MR) is 55.5 cm³/mol. The lowest BCUT2D eigenvalue weighted by Gasteiger charge is -2.03. The van der Waals surface area contributed by atoms with E-state index in [1.165, 1.54) is 0 Å². The maximum atomic E-state index is 5.56. The maximum absolute atomic E-state index is 5.56. The summed E-state index contributed by atoms with van der Waals surface area (Å²) >= 11 is 0. The summed E-state index contributed by atoms with van der Waals surface area (Å²) in [6.07, 6.45) is 5.36. The van der Waals surface area contributed by atoms with Crippen LogP contribution in [0.2, 0.25) is 0 Å². The number of aromatic nitrogens is 3. The van der Waals surface area contributed by atoms with Gasteiger partial charge < -0.3 is 10.3 Å². The minimum atomic E-state index is 0.670. The van der Waals surface area contributed by atoms with Crippen LogP contribution in [-0.4, -0.2) is 14.5 Å². The van der Waals surface area contributed by atoms with Crippen LogP contribution < -0.4 is 5.73 Å². The quantitative estimate of drug-likeness (QED) is 0.777. The molecule has 0 spiro atoms. The minimum Gasteiger partial charge on any atom is -0.397 e. The van der Waals surface area contributed by atoms with E-state index in [1.807, 2.05) is 22.9 Å². The van der Waals surface area contributed by atoms with Gasteiger partial charge in [-0.2, -0.15) is 0 Å². The van der Waals surface area contributed by atoms with Gasteiger partial charge in [-0.15, -0.1) is 0 Å². The summed E-state index contributed by atoms with van der Waals surface area (Å²) in [6, 6.07) is 3.71. The zero-order chi connectivity index (χ0) is 9.97. The van der Waals surface area contributed by atoms with Gasteiger partial charge in [0.2, 0.25) is 0 Å². The van der Waals surface area contributed by atoms with Crippen molar-refractivity contribution >= 4 is 5.69 Å². The zero-order valence-corrected chi connectivity index (χ0v) is 8.01. The van der Waals surface area contributed by atoms with Crippen LogP contribution in [0.3, 0.4) is 0 Å². The summed E-state index contributed by atoms with van der Waals surface area (Å²) in [7, 11) is 0. The van der Waals surface area contributed by atoms with E-state index in [2.05, 4.69) is 16.9 Å². The molecule has 0 atom stereocenters. The normalized spacial score (nSPS) is 10.4. The Kier molecular flexibility index (Phi) is 2.18. The van der Waals surface area contributed by atoms with Crippen LogP contribution in [0.4, 0.5) is 5.69 Å². The molecule has 0 aliphatic heterocycles. The second kappa shape index (κ2) is 3.49. The highest BCUT2D eigenvalue weighted by atomic mass is 15.1. The van der Waals surface area contributed by atoms with Gasteiger partial charge in [0.05, 0.1) is 11.9 Å². The van der Waals surface area contributed by atoms with Crippen LogP contribution in [0.1, 0.15) is 6.92 Å². The molecule has 4 nitrogen and oxygen atoms in total. The average molecular weight is 188 g/mol. The SMILES string of the molecule is CCn1ccnc1-c1ccc(N)cn1. The van der Waals surface area contributed by atoms with Crippen molar-refractivity contribution in [3.8, 4) is 11.5 Å². The Balaban J connectivity index is 2.44. The predicted octanol–water partition coefficient (Wildman–Crippen LogP) is 1.55. The van der Waals surface area contributed by atoms with Gasteiger partial charge in [0.15, 0.2) is 5.82 Å². The third-order valence-electron chi connectivity index (χ3n) is 2.07. The lowest BCUT2D eigenvalue weighted by Crippen LogP contribution is -1.98. The molecular weight excluding hydrogens is 176 g/mol. The highest BCUT2D eigenvalue weighted by molar-refractivity contribution is 5.52. The van der Waals surface area contributed by atoms with Crippen molar-refractivity contribution < 1.29 is 0 Å². The molecule has 2 heterocycles. The molecule has 72 valence electrons. The van der Waals surface area contributed by atoms with Gasteiger partial charge in [0.1, 0.15) is 5.69 Å². The van der Waals surface area contributed by atoms with Gasteiger partial charge in [-0.25, -0.2) is 4.98 Å². The number of nitrogen functional groups attached to an aromatic ring is 1. The molecule has 14 heavy (non-hydrogen) atoms. The van der Waals surface area contributed by atoms with E-state index in [-0.39, 0.29) is 0 Å². The van der Waals surface area contributed by atoms with Gasteiger partial charge in [-0.05, 0) is 19.1 Å². The number of hydrogen-bond acceptors (Lipinski definition) is 3. The minimum absolute atomic E-state index is 0.670. The molecule has 0 aliphatic rings. The van der Waals surface area contributed by atoms with Crippen molar-refractivity contribution in [2.75, 3.05) is 5.73 Å². The second-order valence-electron chi connectivity index (χ2n) is 3.01. The fourth-order valence-electron chi connectivity index (χ4n) is 1.34. The summed E-state index contributed by atoms with van der Waals surface area (Å²) in [5, 5.41) is 0. The number of nitrogens with zero attached hydrogens (tertiary/aromatic N) is 3. The number of pyridine rings is 1. The highest BCUT2D eigenvalue weighted by Crippen LogP contribution is 2.15. The molecule has 0 fully saturated rings. The molecule has 2 aromatic rings. The lowest BCUT2D eigenvalue weighted by molar-refractivity contribution is 0.768. The van der Waals surface area contributed by atoms with E-state index in [0.717, 1.165) is 18.1 Å². The Morgan fingerprint density at radius 1 is 1.36 bits per heavy atom. The largest absolute Gasteiger partial charge is 0.397 e. The van der Waals surface area contributed by atoms with Gasteiger partial charge in [0, 0.05) is 18.9 Å². The van der Waals surface area contributed by atoms with Crippen molar-refractivity contribution in [2.45, 2.75) is 13.5 Å². The summed E-state index contributed by atoms with van der Waals surface area (Å²) < 4.78 is 2.04. The number of nitrogens with two attached hydrogens (primary N) is 1. The molecule has 0 bridgehead atoms. The number of rotatable bonds is 2. The fourth-order valence-corrected chi connectivity index (χ4v) is 1.34. The first-order valence-electron chi connectivity index (χ1n) is 4.54. The van der Waals surface area contributed by atoms with Crippen LogP contribution in [0.25, 0.3) is 11.5 Å². The molecule has 0 saturated heterocycles. The molecule has 0 saturated carbocycles. The van der Waals surface area contributed by atoms with Crippen molar-refractivity contribution in [2.24, 2.45) is 0 Å². The average Bonchev–Trinajstić information content (AvgIpc) is 2.67. The van der Waals surface area contributed by atoms with Crippen molar-refractivity contribution in [1.29, 1.82) is 0 Å². The van der Waals surface area contributed by atoms with Gasteiger partial charge in [-0.1, -0.05) is 0 Å². The first-order chi connectivity index (χ1) is 6.81. The topological polar surface area (TPSA) is 56.7 Å². The molecule has 2 N–H and O–H groups in total. The molecule has 2 aromatic heterocycles. The Morgan fingerprint density at radius 3 is 2.86 bits per heavy atom. The molecule has 0 aromatic carbocycles. The van der Waals surface area contributed by atoms with Crippen molar-refractivity contribution in [3.05, 3.63) is 30.7 Å². The lowest BCUT2D eigenvalue weighted by atomic mass is 10.3. The molecule has 2 rings (SSSR count). The molecule has 4 heteroatoms. The zero-order valence-electron chi connectivity index (χ0n) is 8.01. The van der Waals surface area contributed by atoms with Crippen LogP contribution in [0, 0.1) is 0 Å². The standard InChI is InChI=1S/C10H12N4/c1-2-14-6-5-12-10(14)9-4-3-8(11)7-13-9/h3-7H,2,11H2,1H3. The van der Waals surface area contributed by atoms with Crippen molar-refractivity contribution in [3.63, 3.8) is 0 Å². The van der Waals surface area contributed by atoms with E-state index >= 15 is 0 Å². The van der Waals surface area contributed by atoms with Gasteiger partial charge >= 0.3 is 0 Å². The Morgan fingerprint density at radius 2 is 2.21 bits per heavy atom. The van der Waals surface area contributed by atoms with Crippen LogP contribution >= 0.6 is 0 Å². The second-order valence-corrected chi connectivity index (χ2v) is 3.01. The van der Waals surface area contributed by atoms with Gasteiger partial charge in [0.25, 0.3) is 0 Å². The molecule has 0 radical (unpaired) electrons. The summed E-state index contributed by atoms with van der Waals surface area (Å²) in [5.74, 6) is 0.882. The molecular formula is C10H12N4. The molecule has 0 aliphatic carbocycles. The number of aryl methyl sites for hydroxylation is 1. The van der Waals surface area contributed by atoms with Crippen molar-refractivity contribution in [1.82, 2.24) is 14.5 Å². The third-order valence-corrected chi connectivity index (χ3v) is 2.07. The smallest absolute Gasteiger partial charge is 0.158 e. The maximum Gasteiger partial charge on any atom is 0.158 e. The number of imidazole rings is 1. The van der Waals surface area contributed by atoms with Crippen LogP contribution in [0.5, 0.6) is 0 Å². The monoisotopic (exact) mass is 188 g/mol. The summed E-state index contributed by atoms with van der Waals surface area (Å²) in [6.45, 7) is 2.96. The Bertz CT molecular complexity index is 416. The van der Waals surface area contributed by atoms with Crippen LogP contribution in [-0.2, 0) is 6.54 Å². The van der Waals surface area contributed by atoms with Gasteiger partial charge in [-0.3, -0.25) is 4.98 Å². The number of hydrogen-bond donors (Lipinski definition) is 1. The van der Waals surface area contributed by atoms with Crippen LogP contribution in [0.15, 0.2) is 30.7 Å².